The molecular weight excluding hydrogens is 242 g/mol. The monoisotopic (exact) mass is 253 g/mol. The molecule has 14 heavy (non-hydrogen) atoms. The van der Waals surface area contributed by atoms with Gasteiger partial charge in [0.25, 0.3) is 0 Å². The maximum Gasteiger partial charge on any atom is 0.0934 e. The Morgan fingerprint density at radius 2 is 2.36 bits per heavy atom. The van der Waals surface area contributed by atoms with Crippen molar-refractivity contribution in [1.29, 1.82) is 0 Å². The van der Waals surface area contributed by atoms with Crippen LogP contribution in [0.25, 0.3) is 10.9 Å². The molecule has 0 atom stereocenters. The third-order valence-electron chi connectivity index (χ3n) is 2.11. The van der Waals surface area contributed by atoms with Crippen molar-refractivity contribution in [2.75, 3.05) is 13.6 Å². The average Bonchev–Trinajstić information content (AvgIpc) is 2.56. The van der Waals surface area contributed by atoms with Crippen molar-refractivity contribution in [2.45, 2.75) is 6.54 Å². The third-order valence-corrected chi connectivity index (χ3v) is 2.60. The van der Waals surface area contributed by atoms with E-state index in [0.717, 1.165) is 23.1 Å². The number of halogens is 1. The number of nitrogens with one attached hydrogen (secondary N) is 1. The van der Waals surface area contributed by atoms with Crippen LogP contribution in [0.15, 0.2) is 28.9 Å². The predicted molar refractivity (Wildman–Crippen MR) is 61.4 cm³/mol. The van der Waals surface area contributed by atoms with Crippen LogP contribution in [0.1, 0.15) is 0 Å². The van der Waals surface area contributed by atoms with Crippen molar-refractivity contribution in [3.05, 3.63) is 28.9 Å². The Balaban J connectivity index is 2.32. The van der Waals surface area contributed by atoms with Crippen LogP contribution in [0.5, 0.6) is 0 Å². The Hall–Kier alpha value is -0.870. The number of aromatic nitrogens is 2. The normalized spacial score (nSPS) is 11.0. The molecule has 1 heterocycles. The minimum absolute atomic E-state index is 0.906. The molecule has 0 aliphatic carbocycles. The average molecular weight is 254 g/mol. The maximum atomic E-state index is 4.46. The van der Waals surface area contributed by atoms with Gasteiger partial charge in [0, 0.05) is 22.6 Å². The summed E-state index contributed by atoms with van der Waals surface area (Å²) in [6.07, 6.45) is 2.07. The first-order valence-corrected chi connectivity index (χ1v) is 5.36. The second-order valence-electron chi connectivity index (χ2n) is 3.20. The lowest BCUT2D eigenvalue weighted by molar-refractivity contribution is 0.590. The molecule has 0 radical (unpaired) electrons. The molecule has 1 N–H and O–H groups in total. The lowest BCUT2D eigenvalue weighted by Crippen LogP contribution is -2.14. The van der Waals surface area contributed by atoms with E-state index in [-0.39, 0.29) is 0 Å². The molecule has 0 amide bonds. The van der Waals surface area contributed by atoms with Crippen LogP contribution < -0.4 is 5.32 Å². The van der Waals surface area contributed by atoms with E-state index < -0.39 is 0 Å². The van der Waals surface area contributed by atoms with Gasteiger partial charge >= 0.3 is 0 Å². The number of nitrogens with zero attached hydrogens (tertiary/aromatic N) is 2. The van der Waals surface area contributed by atoms with Gasteiger partial charge in [0.15, 0.2) is 0 Å². The van der Waals surface area contributed by atoms with Crippen molar-refractivity contribution in [1.82, 2.24) is 15.1 Å². The van der Waals surface area contributed by atoms with Gasteiger partial charge < -0.3 is 5.32 Å². The molecule has 0 saturated carbocycles. The molecule has 74 valence electrons. The highest BCUT2D eigenvalue weighted by atomic mass is 79.9. The standard InChI is InChI=1S/C10H12BrN3/c1-12-4-5-14-7-8-2-3-9(11)6-10(8)13-14/h2-3,6-7,12H,4-5H2,1H3. The lowest BCUT2D eigenvalue weighted by atomic mass is 10.3. The van der Waals surface area contributed by atoms with E-state index in [9.17, 15) is 0 Å². The van der Waals surface area contributed by atoms with Crippen molar-refractivity contribution in [2.24, 2.45) is 0 Å². The van der Waals surface area contributed by atoms with E-state index in [2.05, 4.69) is 38.6 Å². The number of hydrogen-bond acceptors (Lipinski definition) is 2. The van der Waals surface area contributed by atoms with Gasteiger partial charge in [-0.2, -0.15) is 5.10 Å². The summed E-state index contributed by atoms with van der Waals surface area (Å²) < 4.78 is 3.04. The molecule has 3 nitrogen and oxygen atoms in total. The molecule has 0 saturated heterocycles. The molecular formula is C10H12BrN3. The van der Waals surface area contributed by atoms with E-state index in [0.29, 0.717) is 0 Å². The first-order chi connectivity index (χ1) is 6.79. The summed E-state index contributed by atoms with van der Waals surface area (Å²) in [4.78, 5) is 0. The lowest BCUT2D eigenvalue weighted by Gasteiger charge is -1.97. The molecule has 2 aromatic rings. The molecule has 1 aromatic carbocycles. The van der Waals surface area contributed by atoms with Crippen LogP contribution in [0.2, 0.25) is 0 Å². The van der Waals surface area contributed by atoms with Crippen LogP contribution in [0.4, 0.5) is 0 Å². The molecule has 0 aliphatic heterocycles. The fourth-order valence-electron chi connectivity index (χ4n) is 1.38. The largest absolute Gasteiger partial charge is 0.318 e. The molecule has 0 fully saturated rings. The summed E-state index contributed by atoms with van der Waals surface area (Å²) in [7, 11) is 1.94. The molecule has 0 unspecified atom stereocenters. The minimum atomic E-state index is 0.906. The Morgan fingerprint density at radius 1 is 1.50 bits per heavy atom. The quantitative estimate of drug-likeness (QED) is 0.908. The van der Waals surface area contributed by atoms with Gasteiger partial charge in [-0.3, -0.25) is 4.68 Å². The van der Waals surface area contributed by atoms with E-state index in [1.807, 2.05) is 23.9 Å². The zero-order valence-corrected chi connectivity index (χ0v) is 9.58. The number of likely N-dealkylation sites (N-methyl/N-ethyl adjacent to an activating group) is 1. The van der Waals surface area contributed by atoms with E-state index in [1.54, 1.807) is 0 Å². The van der Waals surface area contributed by atoms with Crippen molar-refractivity contribution >= 4 is 26.8 Å². The van der Waals surface area contributed by atoms with Crippen molar-refractivity contribution in [3.8, 4) is 0 Å². The molecule has 0 spiro atoms. The third kappa shape index (κ3) is 1.96. The fraction of sp³-hybridized carbons (Fsp3) is 0.300. The SMILES string of the molecule is CNCCn1cc2ccc(Br)cc2n1. The summed E-state index contributed by atoms with van der Waals surface area (Å²) >= 11 is 3.43. The second kappa shape index (κ2) is 4.11. The van der Waals surface area contributed by atoms with Crippen LogP contribution >= 0.6 is 15.9 Å². The van der Waals surface area contributed by atoms with Crippen LogP contribution in [-0.2, 0) is 6.54 Å². The zero-order valence-electron chi connectivity index (χ0n) is 8.00. The van der Waals surface area contributed by atoms with E-state index >= 15 is 0 Å². The maximum absolute atomic E-state index is 4.46. The summed E-state index contributed by atoms with van der Waals surface area (Å²) in [6, 6.07) is 6.14. The van der Waals surface area contributed by atoms with Gasteiger partial charge in [-0.25, -0.2) is 0 Å². The molecule has 1 aromatic heterocycles. The Kier molecular flexibility index (Phi) is 2.84. The number of hydrogen-bond donors (Lipinski definition) is 1. The number of rotatable bonds is 3. The molecule has 0 bridgehead atoms. The van der Waals surface area contributed by atoms with Gasteiger partial charge in [0.05, 0.1) is 12.1 Å². The Morgan fingerprint density at radius 3 is 3.14 bits per heavy atom. The van der Waals surface area contributed by atoms with E-state index in [1.165, 1.54) is 5.39 Å². The highest BCUT2D eigenvalue weighted by molar-refractivity contribution is 9.10. The summed E-state index contributed by atoms with van der Waals surface area (Å²) in [6.45, 7) is 1.85. The van der Waals surface area contributed by atoms with Gasteiger partial charge in [-0.1, -0.05) is 22.0 Å². The first-order valence-electron chi connectivity index (χ1n) is 4.57. The fourth-order valence-corrected chi connectivity index (χ4v) is 1.73. The van der Waals surface area contributed by atoms with Gasteiger partial charge in [0.2, 0.25) is 0 Å². The van der Waals surface area contributed by atoms with Gasteiger partial charge in [-0.15, -0.1) is 0 Å². The summed E-state index contributed by atoms with van der Waals surface area (Å²) in [5, 5.41) is 8.74. The van der Waals surface area contributed by atoms with Crippen LogP contribution in [0, 0.1) is 0 Å². The smallest absolute Gasteiger partial charge is 0.0934 e. The van der Waals surface area contributed by atoms with Crippen molar-refractivity contribution < 1.29 is 0 Å². The van der Waals surface area contributed by atoms with E-state index in [4.69, 9.17) is 0 Å². The predicted octanol–water partition coefficient (Wildman–Crippen LogP) is 2.02. The molecule has 2 rings (SSSR count). The number of fused-ring (bicyclic) bond motifs is 1. The van der Waals surface area contributed by atoms with Gasteiger partial charge in [0.1, 0.15) is 0 Å². The first kappa shape index (κ1) is 9.68. The Bertz CT molecular complexity index is 436. The second-order valence-corrected chi connectivity index (χ2v) is 4.11. The number of benzene rings is 1. The highest BCUT2D eigenvalue weighted by Crippen LogP contribution is 2.17. The Labute approximate surface area is 91.2 Å². The summed E-state index contributed by atoms with van der Waals surface area (Å²) in [5.74, 6) is 0. The van der Waals surface area contributed by atoms with Crippen molar-refractivity contribution in [3.63, 3.8) is 0 Å². The minimum Gasteiger partial charge on any atom is -0.318 e. The highest BCUT2D eigenvalue weighted by Gasteiger charge is 1.99. The molecule has 0 aliphatic rings. The zero-order chi connectivity index (χ0) is 9.97. The molecule has 4 heteroatoms. The van der Waals surface area contributed by atoms with Crippen LogP contribution in [0.3, 0.4) is 0 Å². The summed E-state index contributed by atoms with van der Waals surface area (Å²) in [5.41, 5.74) is 1.04. The van der Waals surface area contributed by atoms with Crippen LogP contribution in [-0.4, -0.2) is 23.4 Å². The topological polar surface area (TPSA) is 29.9 Å². The van der Waals surface area contributed by atoms with Gasteiger partial charge in [-0.05, 0) is 19.2 Å².